The fourth-order valence-electron chi connectivity index (χ4n) is 4.48. The molecule has 1 saturated heterocycles. The van der Waals surface area contributed by atoms with Crippen molar-refractivity contribution in [2.45, 2.75) is 13.8 Å². The van der Waals surface area contributed by atoms with Crippen LogP contribution in [0.4, 0.5) is 5.69 Å². The Labute approximate surface area is 192 Å². The molecule has 33 heavy (non-hydrogen) atoms. The van der Waals surface area contributed by atoms with E-state index in [0.717, 1.165) is 13.1 Å². The van der Waals surface area contributed by atoms with Crippen LogP contribution in [0.3, 0.4) is 0 Å². The average molecular weight is 439 g/mol. The molecule has 6 heteroatoms. The largest absolute Gasteiger partial charge is 0.368 e. The molecule has 1 aromatic heterocycles. The van der Waals surface area contributed by atoms with E-state index >= 15 is 0 Å². The lowest BCUT2D eigenvalue weighted by molar-refractivity contribution is 0.0747. The Morgan fingerprint density at radius 2 is 1.55 bits per heavy atom. The molecule has 1 fully saturated rings. The maximum absolute atomic E-state index is 13.1. The first-order valence-corrected chi connectivity index (χ1v) is 11.2. The summed E-state index contributed by atoms with van der Waals surface area (Å²) in [5.41, 5.74) is 4.36. The molecule has 0 spiro atoms. The number of hydrogen-bond donors (Lipinski definition) is 0. The fraction of sp³-hybridized carbons (Fsp3) is 0.222. The summed E-state index contributed by atoms with van der Waals surface area (Å²) in [6.45, 7) is 6.90. The van der Waals surface area contributed by atoms with Gasteiger partial charge in [-0.2, -0.15) is 0 Å². The van der Waals surface area contributed by atoms with E-state index in [1.54, 1.807) is 22.8 Å². The van der Waals surface area contributed by atoms with E-state index in [1.807, 2.05) is 42.2 Å². The Hall–Kier alpha value is -3.93. The van der Waals surface area contributed by atoms with Crippen molar-refractivity contribution in [1.29, 1.82) is 0 Å². The van der Waals surface area contributed by atoms with Crippen LogP contribution in [0.2, 0.25) is 0 Å². The lowest BCUT2D eigenvalue weighted by Crippen LogP contribution is -2.48. The van der Waals surface area contributed by atoms with Gasteiger partial charge in [0.05, 0.1) is 16.6 Å². The molecule has 1 amide bonds. The third-order valence-corrected chi connectivity index (χ3v) is 6.25. The molecule has 0 bridgehead atoms. The lowest BCUT2D eigenvalue weighted by atomic mass is 10.1. The summed E-state index contributed by atoms with van der Waals surface area (Å²) in [5.74, 6) is 0.635. The van der Waals surface area contributed by atoms with Gasteiger partial charge in [-0.05, 0) is 67.9 Å². The van der Waals surface area contributed by atoms with Crippen molar-refractivity contribution in [1.82, 2.24) is 14.5 Å². The summed E-state index contributed by atoms with van der Waals surface area (Å²) >= 11 is 0. The van der Waals surface area contributed by atoms with Crippen molar-refractivity contribution in [3.8, 4) is 5.69 Å². The zero-order chi connectivity index (χ0) is 22.9. The highest BCUT2D eigenvalue weighted by Crippen LogP contribution is 2.19. The van der Waals surface area contributed by atoms with Crippen LogP contribution in [-0.4, -0.2) is 46.5 Å². The van der Waals surface area contributed by atoms with Gasteiger partial charge in [-0.1, -0.05) is 24.3 Å². The highest BCUT2D eigenvalue weighted by molar-refractivity contribution is 5.94. The Balaban J connectivity index is 1.33. The Morgan fingerprint density at radius 3 is 2.27 bits per heavy atom. The number of nitrogens with zero attached hydrogens (tertiary/aromatic N) is 4. The first-order valence-electron chi connectivity index (χ1n) is 11.2. The summed E-state index contributed by atoms with van der Waals surface area (Å²) in [7, 11) is 0. The molecule has 5 rings (SSSR count). The predicted molar refractivity (Wildman–Crippen MR) is 131 cm³/mol. The Morgan fingerprint density at radius 1 is 0.818 bits per heavy atom. The second-order valence-electron chi connectivity index (χ2n) is 8.48. The van der Waals surface area contributed by atoms with E-state index in [1.165, 1.54) is 11.3 Å². The minimum atomic E-state index is -0.107. The standard InChI is InChI=1S/C27H26N4O2/c1-19-6-5-7-23(18-19)29-14-16-30(17-15-29)26(32)21-10-12-22(13-11-21)31-20(2)28-25-9-4-3-8-24(25)27(31)33/h3-13,18H,14-17H2,1-2H3. The molecular weight excluding hydrogens is 412 g/mol. The number of carbonyl (C=O) groups is 1. The van der Waals surface area contributed by atoms with Crippen molar-refractivity contribution in [3.63, 3.8) is 0 Å². The SMILES string of the molecule is Cc1cccc(N2CCN(C(=O)c3ccc(-n4c(C)nc5ccccc5c4=O)cc3)CC2)c1. The van der Waals surface area contributed by atoms with Crippen LogP contribution >= 0.6 is 0 Å². The third kappa shape index (κ3) is 4.00. The van der Waals surface area contributed by atoms with E-state index < -0.39 is 0 Å². The number of amides is 1. The van der Waals surface area contributed by atoms with Gasteiger partial charge in [0.1, 0.15) is 5.82 Å². The van der Waals surface area contributed by atoms with E-state index in [2.05, 4.69) is 41.1 Å². The van der Waals surface area contributed by atoms with Crippen molar-refractivity contribution in [3.05, 3.63) is 100 Å². The van der Waals surface area contributed by atoms with Crippen molar-refractivity contribution in [2.24, 2.45) is 0 Å². The fourth-order valence-corrected chi connectivity index (χ4v) is 4.48. The van der Waals surface area contributed by atoms with Gasteiger partial charge < -0.3 is 9.80 Å². The summed E-state index contributed by atoms with van der Waals surface area (Å²) in [6, 6.07) is 23.0. The molecule has 4 aromatic rings. The highest BCUT2D eigenvalue weighted by atomic mass is 16.2. The number of para-hydroxylation sites is 1. The van der Waals surface area contributed by atoms with Gasteiger partial charge in [-0.3, -0.25) is 14.2 Å². The second-order valence-corrected chi connectivity index (χ2v) is 8.48. The molecule has 2 heterocycles. The number of hydrogen-bond acceptors (Lipinski definition) is 4. The summed E-state index contributed by atoms with van der Waals surface area (Å²) in [6.07, 6.45) is 0. The van der Waals surface area contributed by atoms with Crippen LogP contribution < -0.4 is 10.5 Å². The number of fused-ring (bicyclic) bond motifs is 1. The summed E-state index contributed by atoms with van der Waals surface area (Å²) in [5, 5.41) is 0.578. The maximum atomic E-state index is 13.1. The van der Waals surface area contributed by atoms with Gasteiger partial charge in [-0.15, -0.1) is 0 Å². The van der Waals surface area contributed by atoms with Crippen LogP contribution in [0, 0.1) is 13.8 Å². The molecule has 3 aromatic carbocycles. The first-order chi connectivity index (χ1) is 16.0. The number of anilines is 1. The molecule has 0 radical (unpaired) electrons. The van der Waals surface area contributed by atoms with Gasteiger partial charge in [0.25, 0.3) is 11.5 Å². The van der Waals surface area contributed by atoms with E-state index in [0.29, 0.717) is 41.1 Å². The van der Waals surface area contributed by atoms with Gasteiger partial charge in [-0.25, -0.2) is 4.98 Å². The summed E-state index contributed by atoms with van der Waals surface area (Å²) in [4.78, 5) is 34.9. The third-order valence-electron chi connectivity index (χ3n) is 6.25. The van der Waals surface area contributed by atoms with Gasteiger partial charge in [0, 0.05) is 37.4 Å². The first kappa shape index (κ1) is 20.9. The zero-order valence-electron chi connectivity index (χ0n) is 18.9. The molecule has 1 aliphatic heterocycles. The molecule has 0 N–H and O–H groups in total. The number of carbonyl (C=O) groups excluding carboxylic acids is 1. The van der Waals surface area contributed by atoms with Crippen molar-refractivity contribution >= 4 is 22.5 Å². The van der Waals surface area contributed by atoms with Crippen LogP contribution in [0.5, 0.6) is 0 Å². The van der Waals surface area contributed by atoms with E-state index in [4.69, 9.17) is 0 Å². The topological polar surface area (TPSA) is 58.4 Å². The quantitative estimate of drug-likeness (QED) is 0.486. The number of aromatic nitrogens is 2. The van der Waals surface area contributed by atoms with Crippen molar-refractivity contribution < 1.29 is 4.79 Å². The Bertz CT molecular complexity index is 1380. The zero-order valence-corrected chi connectivity index (χ0v) is 18.9. The molecule has 0 atom stereocenters. The molecule has 166 valence electrons. The second kappa shape index (κ2) is 8.54. The molecule has 1 aliphatic rings. The van der Waals surface area contributed by atoms with Crippen molar-refractivity contribution in [2.75, 3.05) is 31.1 Å². The molecular formula is C27H26N4O2. The van der Waals surface area contributed by atoms with E-state index in [-0.39, 0.29) is 11.5 Å². The number of benzene rings is 3. The number of rotatable bonds is 3. The van der Waals surface area contributed by atoms with Crippen LogP contribution in [0.1, 0.15) is 21.7 Å². The van der Waals surface area contributed by atoms with Crippen LogP contribution in [-0.2, 0) is 0 Å². The smallest absolute Gasteiger partial charge is 0.265 e. The highest BCUT2D eigenvalue weighted by Gasteiger charge is 2.22. The van der Waals surface area contributed by atoms with Gasteiger partial charge in [0.15, 0.2) is 0 Å². The average Bonchev–Trinajstić information content (AvgIpc) is 2.84. The lowest BCUT2D eigenvalue weighted by Gasteiger charge is -2.36. The minimum Gasteiger partial charge on any atom is -0.368 e. The monoisotopic (exact) mass is 438 g/mol. The maximum Gasteiger partial charge on any atom is 0.265 e. The molecule has 0 saturated carbocycles. The van der Waals surface area contributed by atoms with E-state index in [9.17, 15) is 9.59 Å². The predicted octanol–water partition coefficient (Wildman–Crippen LogP) is 3.96. The molecule has 0 aliphatic carbocycles. The minimum absolute atomic E-state index is 0.0196. The molecule has 6 nitrogen and oxygen atoms in total. The molecule has 0 unspecified atom stereocenters. The van der Waals surface area contributed by atoms with Gasteiger partial charge >= 0.3 is 0 Å². The normalized spacial score (nSPS) is 14.0. The number of aryl methyl sites for hydroxylation is 2. The Kier molecular flexibility index (Phi) is 5.42. The van der Waals surface area contributed by atoms with Crippen LogP contribution in [0.25, 0.3) is 16.6 Å². The van der Waals surface area contributed by atoms with Crippen LogP contribution in [0.15, 0.2) is 77.6 Å². The summed E-state index contributed by atoms with van der Waals surface area (Å²) < 4.78 is 1.59. The van der Waals surface area contributed by atoms with Gasteiger partial charge in [0.2, 0.25) is 0 Å². The number of piperazine rings is 1.